The van der Waals surface area contributed by atoms with Crippen LogP contribution in [0.15, 0.2) is 86.1 Å². The Morgan fingerprint density at radius 3 is 2.28 bits per heavy atom. The SMILES string of the molecule is C=CCCOc1cccc(Nc2nccc(-c3cccc(OCCC=C)c3)n2)c1. The van der Waals surface area contributed by atoms with Crippen LogP contribution in [-0.4, -0.2) is 23.2 Å². The Labute approximate surface area is 171 Å². The van der Waals surface area contributed by atoms with Gasteiger partial charge in [-0.05, 0) is 43.2 Å². The molecule has 0 fully saturated rings. The van der Waals surface area contributed by atoms with Crippen molar-refractivity contribution in [3.8, 4) is 22.8 Å². The zero-order valence-electron chi connectivity index (χ0n) is 16.4. The van der Waals surface area contributed by atoms with Crippen LogP contribution in [-0.2, 0) is 0 Å². The maximum atomic E-state index is 5.74. The van der Waals surface area contributed by atoms with E-state index in [1.54, 1.807) is 6.20 Å². The summed E-state index contributed by atoms with van der Waals surface area (Å²) in [6.45, 7) is 8.62. The molecule has 0 saturated carbocycles. The van der Waals surface area contributed by atoms with Crippen molar-refractivity contribution in [3.05, 3.63) is 86.1 Å². The van der Waals surface area contributed by atoms with Crippen LogP contribution in [0.5, 0.6) is 11.5 Å². The third-order valence-electron chi connectivity index (χ3n) is 4.06. The van der Waals surface area contributed by atoms with E-state index >= 15 is 0 Å². The minimum absolute atomic E-state index is 0.517. The highest BCUT2D eigenvalue weighted by Gasteiger charge is 2.05. The molecule has 0 aliphatic heterocycles. The Kier molecular flexibility index (Phi) is 7.41. The van der Waals surface area contributed by atoms with Gasteiger partial charge in [-0.1, -0.05) is 30.4 Å². The van der Waals surface area contributed by atoms with E-state index in [1.807, 2.05) is 66.7 Å². The van der Waals surface area contributed by atoms with Crippen molar-refractivity contribution in [1.29, 1.82) is 0 Å². The smallest absolute Gasteiger partial charge is 0.227 e. The molecular weight excluding hydrogens is 362 g/mol. The topological polar surface area (TPSA) is 56.3 Å². The number of benzene rings is 2. The molecule has 1 N–H and O–H groups in total. The highest BCUT2D eigenvalue weighted by atomic mass is 16.5. The first kappa shape index (κ1) is 20.1. The molecule has 2 aromatic carbocycles. The molecule has 1 heterocycles. The highest BCUT2D eigenvalue weighted by Crippen LogP contribution is 2.25. The van der Waals surface area contributed by atoms with E-state index < -0.39 is 0 Å². The summed E-state index contributed by atoms with van der Waals surface area (Å²) in [5, 5.41) is 3.24. The van der Waals surface area contributed by atoms with Crippen LogP contribution >= 0.6 is 0 Å². The minimum atomic E-state index is 0.517. The van der Waals surface area contributed by atoms with Crippen molar-refractivity contribution in [2.24, 2.45) is 0 Å². The predicted molar refractivity (Wildman–Crippen MR) is 118 cm³/mol. The van der Waals surface area contributed by atoms with Gasteiger partial charge >= 0.3 is 0 Å². The number of ether oxygens (including phenoxy) is 2. The third-order valence-corrected chi connectivity index (χ3v) is 4.06. The van der Waals surface area contributed by atoms with Gasteiger partial charge in [-0.25, -0.2) is 9.97 Å². The lowest BCUT2D eigenvalue weighted by molar-refractivity contribution is 0.325. The molecule has 29 heavy (non-hydrogen) atoms. The van der Waals surface area contributed by atoms with Crippen LogP contribution in [0.3, 0.4) is 0 Å². The Bertz CT molecular complexity index is 956. The van der Waals surface area contributed by atoms with Crippen LogP contribution in [0.2, 0.25) is 0 Å². The second kappa shape index (κ2) is 10.7. The molecule has 0 aliphatic carbocycles. The van der Waals surface area contributed by atoms with E-state index in [0.717, 1.165) is 41.3 Å². The highest BCUT2D eigenvalue weighted by molar-refractivity contribution is 5.63. The summed E-state index contributed by atoms with van der Waals surface area (Å²) in [6.07, 6.45) is 7.02. The molecule has 3 rings (SSSR count). The molecule has 5 heteroatoms. The van der Waals surface area contributed by atoms with E-state index in [9.17, 15) is 0 Å². The number of nitrogens with zero attached hydrogens (tertiary/aromatic N) is 2. The quantitative estimate of drug-likeness (QED) is 0.333. The van der Waals surface area contributed by atoms with Crippen LogP contribution in [0.4, 0.5) is 11.6 Å². The van der Waals surface area contributed by atoms with Gasteiger partial charge in [-0.3, -0.25) is 0 Å². The predicted octanol–water partition coefficient (Wildman–Crippen LogP) is 5.80. The Morgan fingerprint density at radius 1 is 0.862 bits per heavy atom. The largest absolute Gasteiger partial charge is 0.493 e. The summed E-state index contributed by atoms with van der Waals surface area (Å²) in [6, 6.07) is 17.5. The molecule has 0 saturated heterocycles. The number of anilines is 2. The monoisotopic (exact) mass is 387 g/mol. The first-order chi connectivity index (χ1) is 14.3. The fourth-order valence-electron chi connectivity index (χ4n) is 2.64. The number of hydrogen-bond acceptors (Lipinski definition) is 5. The van der Waals surface area contributed by atoms with E-state index in [0.29, 0.717) is 19.2 Å². The van der Waals surface area contributed by atoms with Crippen LogP contribution in [0, 0.1) is 0 Å². The van der Waals surface area contributed by atoms with Crippen LogP contribution in [0.25, 0.3) is 11.3 Å². The molecule has 0 bridgehead atoms. The van der Waals surface area contributed by atoms with E-state index in [2.05, 4.69) is 28.4 Å². The summed E-state index contributed by atoms with van der Waals surface area (Å²) < 4.78 is 11.4. The molecule has 0 spiro atoms. The number of nitrogens with one attached hydrogen (secondary N) is 1. The van der Waals surface area contributed by atoms with Gasteiger partial charge in [0.25, 0.3) is 0 Å². The Morgan fingerprint density at radius 2 is 1.55 bits per heavy atom. The van der Waals surface area contributed by atoms with Gasteiger partial charge in [0.1, 0.15) is 11.5 Å². The fraction of sp³-hybridized carbons (Fsp3) is 0.167. The summed E-state index contributed by atoms with van der Waals surface area (Å²) in [7, 11) is 0. The summed E-state index contributed by atoms with van der Waals surface area (Å²) in [4.78, 5) is 8.96. The second-order valence-corrected chi connectivity index (χ2v) is 6.30. The molecular formula is C24H25N3O2. The number of aromatic nitrogens is 2. The van der Waals surface area contributed by atoms with E-state index in [4.69, 9.17) is 9.47 Å². The molecule has 0 unspecified atom stereocenters. The van der Waals surface area contributed by atoms with Gasteiger partial charge in [-0.15, -0.1) is 13.2 Å². The first-order valence-corrected chi connectivity index (χ1v) is 9.56. The van der Waals surface area contributed by atoms with Crippen molar-refractivity contribution in [2.45, 2.75) is 12.8 Å². The summed E-state index contributed by atoms with van der Waals surface area (Å²) >= 11 is 0. The fourth-order valence-corrected chi connectivity index (χ4v) is 2.64. The molecule has 3 aromatic rings. The zero-order chi connectivity index (χ0) is 20.3. The molecule has 0 radical (unpaired) electrons. The van der Waals surface area contributed by atoms with Crippen molar-refractivity contribution < 1.29 is 9.47 Å². The molecule has 148 valence electrons. The lowest BCUT2D eigenvalue weighted by Gasteiger charge is -2.10. The van der Waals surface area contributed by atoms with Crippen molar-refractivity contribution >= 4 is 11.6 Å². The average Bonchev–Trinajstić information content (AvgIpc) is 2.75. The van der Waals surface area contributed by atoms with Crippen LogP contribution < -0.4 is 14.8 Å². The number of hydrogen-bond donors (Lipinski definition) is 1. The molecule has 0 aliphatic rings. The van der Waals surface area contributed by atoms with Crippen molar-refractivity contribution in [2.75, 3.05) is 18.5 Å². The standard InChI is InChI=1S/C24H25N3O2/c1-3-5-15-28-21-11-7-9-19(17-21)23-13-14-25-24(27-23)26-20-10-8-12-22(18-20)29-16-6-4-2/h3-4,7-14,17-18H,1-2,5-6,15-16H2,(H,25,26,27). The van der Waals surface area contributed by atoms with Crippen molar-refractivity contribution in [3.63, 3.8) is 0 Å². The second-order valence-electron chi connectivity index (χ2n) is 6.30. The van der Waals surface area contributed by atoms with Gasteiger partial charge in [0.05, 0.1) is 18.9 Å². The van der Waals surface area contributed by atoms with Gasteiger partial charge < -0.3 is 14.8 Å². The maximum Gasteiger partial charge on any atom is 0.227 e. The van der Waals surface area contributed by atoms with E-state index in [-0.39, 0.29) is 0 Å². The lowest BCUT2D eigenvalue weighted by atomic mass is 10.1. The first-order valence-electron chi connectivity index (χ1n) is 9.56. The zero-order valence-corrected chi connectivity index (χ0v) is 16.4. The summed E-state index contributed by atoms with van der Waals surface area (Å²) in [5.41, 5.74) is 2.64. The number of rotatable bonds is 11. The molecule has 0 amide bonds. The van der Waals surface area contributed by atoms with Gasteiger partial charge in [0, 0.05) is 23.5 Å². The normalized spacial score (nSPS) is 10.2. The van der Waals surface area contributed by atoms with Gasteiger partial charge in [-0.2, -0.15) is 0 Å². The van der Waals surface area contributed by atoms with Crippen molar-refractivity contribution in [1.82, 2.24) is 9.97 Å². The van der Waals surface area contributed by atoms with Gasteiger partial charge in [0.15, 0.2) is 0 Å². The average molecular weight is 387 g/mol. The third kappa shape index (κ3) is 6.21. The minimum Gasteiger partial charge on any atom is -0.493 e. The Balaban J connectivity index is 1.71. The lowest BCUT2D eigenvalue weighted by Crippen LogP contribution is -2.00. The van der Waals surface area contributed by atoms with Crippen LogP contribution in [0.1, 0.15) is 12.8 Å². The Hall–Kier alpha value is -3.60. The molecule has 1 aromatic heterocycles. The molecule has 5 nitrogen and oxygen atoms in total. The molecule has 0 atom stereocenters. The summed E-state index contributed by atoms with van der Waals surface area (Å²) in [5.74, 6) is 2.11. The van der Waals surface area contributed by atoms with Gasteiger partial charge in [0.2, 0.25) is 5.95 Å². The van der Waals surface area contributed by atoms with E-state index in [1.165, 1.54) is 0 Å². The maximum absolute atomic E-state index is 5.74.